The van der Waals surface area contributed by atoms with Crippen molar-refractivity contribution in [3.63, 3.8) is 0 Å². The highest BCUT2D eigenvalue weighted by atomic mass is 35.5. The standard InChI is InChI=1S/C25H31ClN4O2S/c1-7-18-10-9-11-19(8-2)23(18)27-21(31)14-33-25-29-28-24(30(25)6)17(5)32-20-12-15(3)22(26)16(4)13-20/h9-13,17H,7-8,14H2,1-6H3,(H,27,31). The van der Waals surface area contributed by atoms with Crippen molar-refractivity contribution in [2.75, 3.05) is 11.1 Å². The Balaban J connectivity index is 1.65. The van der Waals surface area contributed by atoms with E-state index >= 15 is 0 Å². The molecule has 0 saturated heterocycles. The number of thioether (sulfide) groups is 1. The largest absolute Gasteiger partial charge is 0.483 e. The lowest BCUT2D eigenvalue weighted by molar-refractivity contribution is -0.113. The van der Waals surface area contributed by atoms with Crippen LogP contribution in [0.25, 0.3) is 0 Å². The highest BCUT2D eigenvalue weighted by molar-refractivity contribution is 7.99. The maximum absolute atomic E-state index is 12.7. The number of nitrogens with zero attached hydrogens (tertiary/aromatic N) is 3. The zero-order chi connectivity index (χ0) is 24.1. The highest BCUT2D eigenvalue weighted by Crippen LogP contribution is 2.29. The van der Waals surface area contributed by atoms with Gasteiger partial charge in [0.05, 0.1) is 5.75 Å². The van der Waals surface area contributed by atoms with E-state index in [2.05, 4.69) is 41.5 Å². The summed E-state index contributed by atoms with van der Waals surface area (Å²) in [6, 6.07) is 9.99. The maximum atomic E-state index is 12.7. The Hall–Kier alpha value is -2.51. The van der Waals surface area contributed by atoms with E-state index in [0.717, 1.165) is 51.6 Å². The van der Waals surface area contributed by atoms with Crippen LogP contribution in [-0.4, -0.2) is 26.4 Å². The molecular weight excluding hydrogens is 456 g/mol. The predicted molar refractivity (Wildman–Crippen MR) is 136 cm³/mol. The first-order chi connectivity index (χ1) is 15.7. The predicted octanol–water partition coefficient (Wildman–Crippen LogP) is 6.08. The zero-order valence-corrected chi connectivity index (χ0v) is 21.6. The van der Waals surface area contributed by atoms with Crippen molar-refractivity contribution in [2.24, 2.45) is 7.05 Å². The summed E-state index contributed by atoms with van der Waals surface area (Å²) in [4.78, 5) is 12.7. The van der Waals surface area contributed by atoms with Gasteiger partial charge >= 0.3 is 0 Å². The van der Waals surface area contributed by atoms with Crippen molar-refractivity contribution >= 4 is 35.0 Å². The van der Waals surface area contributed by atoms with Crippen LogP contribution in [0, 0.1) is 13.8 Å². The van der Waals surface area contributed by atoms with Gasteiger partial charge in [-0.2, -0.15) is 0 Å². The lowest BCUT2D eigenvalue weighted by Crippen LogP contribution is -2.17. The molecule has 176 valence electrons. The van der Waals surface area contributed by atoms with Crippen molar-refractivity contribution in [3.8, 4) is 5.75 Å². The molecule has 0 spiro atoms. The van der Waals surface area contributed by atoms with Gasteiger partial charge in [-0.1, -0.05) is 55.4 Å². The first-order valence-corrected chi connectivity index (χ1v) is 12.5. The summed E-state index contributed by atoms with van der Waals surface area (Å²) in [7, 11) is 1.88. The SMILES string of the molecule is CCc1cccc(CC)c1NC(=O)CSc1nnc(C(C)Oc2cc(C)c(Cl)c(C)c2)n1C. The number of benzene rings is 2. The molecule has 1 aromatic heterocycles. The second kappa shape index (κ2) is 11.1. The van der Waals surface area contributed by atoms with E-state index in [1.807, 2.05) is 50.6 Å². The van der Waals surface area contributed by atoms with E-state index in [1.165, 1.54) is 11.8 Å². The first kappa shape index (κ1) is 25.1. The normalized spacial score (nSPS) is 12.0. The summed E-state index contributed by atoms with van der Waals surface area (Å²) >= 11 is 7.62. The number of halogens is 1. The van der Waals surface area contributed by atoms with Gasteiger partial charge in [0.15, 0.2) is 17.1 Å². The minimum absolute atomic E-state index is 0.0587. The Kier molecular flexibility index (Phi) is 8.43. The summed E-state index contributed by atoms with van der Waals surface area (Å²) in [6.07, 6.45) is 1.43. The number of ether oxygens (including phenoxy) is 1. The van der Waals surface area contributed by atoms with Crippen molar-refractivity contribution in [2.45, 2.75) is 58.7 Å². The van der Waals surface area contributed by atoms with Gasteiger partial charge in [0, 0.05) is 17.8 Å². The number of amides is 1. The Morgan fingerprint density at radius 3 is 2.33 bits per heavy atom. The van der Waals surface area contributed by atoms with Crippen LogP contribution >= 0.6 is 23.4 Å². The fourth-order valence-electron chi connectivity index (χ4n) is 3.75. The van der Waals surface area contributed by atoms with Crippen LogP contribution in [0.5, 0.6) is 5.75 Å². The van der Waals surface area contributed by atoms with E-state index < -0.39 is 0 Å². The molecule has 6 nitrogen and oxygen atoms in total. The number of anilines is 1. The minimum atomic E-state index is -0.311. The monoisotopic (exact) mass is 486 g/mol. The summed E-state index contributed by atoms with van der Waals surface area (Å²) in [5.74, 6) is 1.61. The molecule has 0 fully saturated rings. The van der Waals surface area contributed by atoms with Crippen molar-refractivity contribution in [3.05, 3.63) is 63.4 Å². The van der Waals surface area contributed by atoms with Gasteiger partial charge in [-0.05, 0) is 68.0 Å². The van der Waals surface area contributed by atoms with Crippen LogP contribution in [-0.2, 0) is 24.7 Å². The molecule has 0 aliphatic heterocycles. The van der Waals surface area contributed by atoms with Crippen molar-refractivity contribution < 1.29 is 9.53 Å². The molecule has 1 amide bonds. The van der Waals surface area contributed by atoms with E-state index in [0.29, 0.717) is 11.0 Å². The van der Waals surface area contributed by atoms with E-state index in [4.69, 9.17) is 16.3 Å². The van der Waals surface area contributed by atoms with Crippen LogP contribution in [0.2, 0.25) is 5.02 Å². The number of hydrogen-bond acceptors (Lipinski definition) is 5. The van der Waals surface area contributed by atoms with E-state index in [-0.39, 0.29) is 17.8 Å². The van der Waals surface area contributed by atoms with E-state index in [1.54, 1.807) is 0 Å². The smallest absolute Gasteiger partial charge is 0.234 e. The zero-order valence-electron chi connectivity index (χ0n) is 20.0. The fourth-order valence-corrected chi connectivity index (χ4v) is 4.57. The topological polar surface area (TPSA) is 69.0 Å². The number of para-hydroxylation sites is 1. The lowest BCUT2D eigenvalue weighted by Gasteiger charge is -2.16. The number of rotatable bonds is 9. The third kappa shape index (κ3) is 5.89. The summed E-state index contributed by atoms with van der Waals surface area (Å²) < 4.78 is 7.97. The molecule has 2 aromatic carbocycles. The van der Waals surface area contributed by atoms with Crippen molar-refractivity contribution in [1.29, 1.82) is 0 Å². The molecule has 1 atom stereocenters. The van der Waals surface area contributed by atoms with Gasteiger partial charge in [0.2, 0.25) is 5.91 Å². The fraction of sp³-hybridized carbons (Fsp3) is 0.400. The number of carbonyl (C=O) groups is 1. The number of nitrogens with one attached hydrogen (secondary N) is 1. The molecule has 0 aliphatic rings. The second-order valence-corrected chi connectivity index (χ2v) is 9.35. The molecule has 0 aliphatic carbocycles. The molecule has 8 heteroatoms. The molecule has 0 radical (unpaired) electrons. The van der Waals surface area contributed by atoms with Crippen molar-refractivity contribution in [1.82, 2.24) is 14.8 Å². The van der Waals surface area contributed by atoms with Crippen LogP contribution in [0.3, 0.4) is 0 Å². The van der Waals surface area contributed by atoms with E-state index in [9.17, 15) is 4.79 Å². The van der Waals surface area contributed by atoms with Gasteiger partial charge in [-0.3, -0.25) is 4.79 Å². The Labute approximate surface area is 205 Å². The second-order valence-electron chi connectivity index (χ2n) is 8.03. The quantitative estimate of drug-likeness (QED) is 0.371. The maximum Gasteiger partial charge on any atom is 0.234 e. The average molecular weight is 487 g/mol. The average Bonchev–Trinajstić information content (AvgIpc) is 3.16. The first-order valence-electron chi connectivity index (χ1n) is 11.1. The molecule has 1 N–H and O–H groups in total. The van der Waals surface area contributed by atoms with Gasteiger partial charge in [0.25, 0.3) is 0 Å². The molecule has 3 rings (SSSR count). The third-order valence-electron chi connectivity index (χ3n) is 5.55. The van der Waals surface area contributed by atoms with Gasteiger partial charge in [-0.15, -0.1) is 10.2 Å². The molecular formula is C25H31ClN4O2S. The lowest BCUT2D eigenvalue weighted by atomic mass is 10.0. The molecule has 1 heterocycles. The number of aryl methyl sites for hydroxylation is 4. The Bertz CT molecular complexity index is 1100. The number of aromatic nitrogens is 3. The molecule has 3 aromatic rings. The van der Waals surface area contributed by atoms with Crippen LogP contribution in [0.15, 0.2) is 35.5 Å². The van der Waals surface area contributed by atoms with Gasteiger partial charge in [-0.25, -0.2) is 0 Å². The van der Waals surface area contributed by atoms with Crippen LogP contribution in [0.1, 0.15) is 55.0 Å². The number of carbonyl (C=O) groups excluding carboxylic acids is 1. The summed E-state index contributed by atoms with van der Waals surface area (Å²) in [5, 5.41) is 13.1. The molecule has 33 heavy (non-hydrogen) atoms. The van der Waals surface area contributed by atoms with Crippen LogP contribution in [0.4, 0.5) is 5.69 Å². The molecule has 1 unspecified atom stereocenters. The molecule has 0 saturated carbocycles. The number of hydrogen-bond donors (Lipinski definition) is 1. The summed E-state index contributed by atoms with van der Waals surface area (Å²) in [5.41, 5.74) is 5.16. The highest BCUT2D eigenvalue weighted by Gasteiger charge is 2.19. The van der Waals surface area contributed by atoms with Gasteiger partial charge < -0.3 is 14.6 Å². The Morgan fingerprint density at radius 1 is 1.15 bits per heavy atom. The third-order valence-corrected chi connectivity index (χ3v) is 7.17. The van der Waals surface area contributed by atoms with Crippen LogP contribution < -0.4 is 10.1 Å². The minimum Gasteiger partial charge on any atom is -0.483 e. The Morgan fingerprint density at radius 2 is 1.76 bits per heavy atom. The molecule has 0 bridgehead atoms. The summed E-state index contributed by atoms with van der Waals surface area (Å²) in [6.45, 7) is 10.0. The van der Waals surface area contributed by atoms with Gasteiger partial charge in [0.1, 0.15) is 5.75 Å².